The lowest BCUT2D eigenvalue weighted by Crippen LogP contribution is -2.14. The Balaban J connectivity index is 3.52. The molecule has 0 aliphatic heterocycles. The second kappa shape index (κ2) is 19.7. The molecule has 4 heteroatoms. The third-order valence-electron chi connectivity index (χ3n) is 4.90. The van der Waals surface area contributed by atoms with Crippen molar-refractivity contribution in [2.24, 2.45) is 5.92 Å². The summed E-state index contributed by atoms with van der Waals surface area (Å²) in [5.41, 5.74) is 0. The van der Waals surface area contributed by atoms with Gasteiger partial charge in [-0.1, -0.05) is 78.6 Å². The van der Waals surface area contributed by atoms with Crippen LogP contribution in [-0.4, -0.2) is 25.2 Å². The van der Waals surface area contributed by atoms with Crippen molar-refractivity contribution in [3.05, 3.63) is 0 Å². The number of carbonyl (C=O) groups excluding carboxylic acids is 2. The topological polar surface area (TPSA) is 52.6 Å². The lowest BCUT2D eigenvalue weighted by molar-refractivity contribution is -0.146. The van der Waals surface area contributed by atoms with E-state index in [0.717, 1.165) is 38.5 Å². The highest BCUT2D eigenvalue weighted by Crippen LogP contribution is 2.14. The maximum Gasteiger partial charge on any atom is 0.305 e. The van der Waals surface area contributed by atoms with E-state index in [0.29, 0.717) is 38.4 Å². The zero-order valence-electron chi connectivity index (χ0n) is 18.2. The Morgan fingerprint density at radius 1 is 0.630 bits per heavy atom. The number of hydrogen-bond donors (Lipinski definition) is 0. The normalized spacial score (nSPS) is 11.0. The van der Waals surface area contributed by atoms with Gasteiger partial charge in [0.15, 0.2) is 0 Å². The fourth-order valence-electron chi connectivity index (χ4n) is 3.28. The van der Waals surface area contributed by atoms with Crippen LogP contribution in [0.2, 0.25) is 0 Å². The van der Waals surface area contributed by atoms with Gasteiger partial charge in [0.25, 0.3) is 0 Å². The van der Waals surface area contributed by atoms with Crippen LogP contribution in [0.1, 0.15) is 117 Å². The van der Waals surface area contributed by atoms with Crippen LogP contribution in [0.4, 0.5) is 0 Å². The Kier molecular flexibility index (Phi) is 18.9. The van der Waals surface area contributed by atoms with Crippen molar-refractivity contribution in [3.63, 3.8) is 0 Å². The van der Waals surface area contributed by atoms with E-state index in [9.17, 15) is 9.59 Å². The van der Waals surface area contributed by atoms with Gasteiger partial charge in [-0.2, -0.15) is 0 Å². The smallest absolute Gasteiger partial charge is 0.305 e. The molecule has 0 saturated carbocycles. The number of hydrogen-bond acceptors (Lipinski definition) is 4. The fourth-order valence-corrected chi connectivity index (χ4v) is 3.28. The molecule has 160 valence electrons. The second-order valence-electron chi connectivity index (χ2n) is 7.68. The molecular weight excluding hydrogens is 340 g/mol. The molecule has 0 N–H and O–H groups in total. The molecule has 0 spiro atoms. The van der Waals surface area contributed by atoms with Crippen LogP contribution in [-0.2, 0) is 19.1 Å². The van der Waals surface area contributed by atoms with E-state index in [1.807, 2.05) is 0 Å². The molecule has 0 fully saturated rings. The summed E-state index contributed by atoms with van der Waals surface area (Å²) in [7, 11) is 0. The van der Waals surface area contributed by atoms with Gasteiger partial charge in [-0.3, -0.25) is 9.59 Å². The summed E-state index contributed by atoms with van der Waals surface area (Å²) >= 11 is 0. The van der Waals surface area contributed by atoms with E-state index in [1.165, 1.54) is 38.5 Å². The van der Waals surface area contributed by atoms with E-state index < -0.39 is 0 Å². The van der Waals surface area contributed by atoms with Crippen molar-refractivity contribution in [1.82, 2.24) is 0 Å². The minimum Gasteiger partial charge on any atom is -0.466 e. The molecule has 0 heterocycles. The first kappa shape index (κ1) is 25.9. The maximum atomic E-state index is 11.8. The molecule has 4 nitrogen and oxygen atoms in total. The number of rotatable bonds is 19. The maximum absolute atomic E-state index is 11.8. The molecule has 0 aliphatic rings. The second-order valence-corrected chi connectivity index (χ2v) is 7.68. The van der Waals surface area contributed by atoms with Crippen molar-refractivity contribution < 1.29 is 19.1 Å². The first-order valence-corrected chi connectivity index (χ1v) is 11.4. The van der Waals surface area contributed by atoms with E-state index in [2.05, 4.69) is 20.8 Å². The van der Waals surface area contributed by atoms with Crippen LogP contribution in [0.5, 0.6) is 0 Å². The highest BCUT2D eigenvalue weighted by molar-refractivity contribution is 5.72. The van der Waals surface area contributed by atoms with Crippen LogP contribution >= 0.6 is 0 Å². The largest absolute Gasteiger partial charge is 0.466 e. The minimum atomic E-state index is -0.194. The summed E-state index contributed by atoms with van der Waals surface area (Å²) < 4.78 is 10.6. The van der Waals surface area contributed by atoms with E-state index in [-0.39, 0.29) is 11.9 Å². The molecule has 0 unspecified atom stereocenters. The molecule has 0 atom stereocenters. The SMILES string of the molecule is CCCCCCCCCCOC(=O)CCCC(=O)OCC(CCC)CCC. The molecule has 0 aliphatic carbocycles. The molecule has 0 bridgehead atoms. The van der Waals surface area contributed by atoms with Crippen molar-refractivity contribution in [3.8, 4) is 0 Å². The van der Waals surface area contributed by atoms with Crippen molar-refractivity contribution >= 4 is 11.9 Å². The highest BCUT2D eigenvalue weighted by Gasteiger charge is 2.11. The Hall–Kier alpha value is -1.06. The van der Waals surface area contributed by atoms with Gasteiger partial charge in [0.1, 0.15) is 0 Å². The Morgan fingerprint density at radius 3 is 1.70 bits per heavy atom. The van der Waals surface area contributed by atoms with Gasteiger partial charge in [-0.15, -0.1) is 0 Å². The number of ether oxygens (including phenoxy) is 2. The van der Waals surface area contributed by atoms with E-state index >= 15 is 0 Å². The zero-order valence-corrected chi connectivity index (χ0v) is 18.2. The summed E-state index contributed by atoms with van der Waals surface area (Å²) in [6.45, 7) is 7.57. The van der Waals surface area contributed by atoms with Gasteiger partial charge in [-0.25, -0.2) is 0 Å². The van der Waals surface area contributed by atoms with E-state index in [4.69, 9.17) is 9.47 Å². The Labute approximate surface area is 167 Å². The van der Waals surface area contributed by atoms with E-state index in [1.54, 1.807) is 0 Å². The fraction of sp³-hybridized carbons (Fsp3) is 0.913. The molecule has 0 aromatic heterocycles. The molecule has 0 aromatic carbocycles. The standard InChI is InChI=1S/C23H44O4/c1-4-7-8-9-10-11-12-13-19-26-22(24)17-14-18-23(25)27-20-21(15-5-2)16-6-3/h21H,4-20H2,1-3H3. The highest BCUT2D eigenvalue weighted by atomic mass is 16.5. The average Bonchev–Trinajstić information content (AvgIpc) is 2.65. The monoisotopic (exact) mass is 384 g/mol. The van der Waals surface area contributed by atoms with Crippen molar-refractivity contribution in [1.29, 1.82) is 0 Å². The third-order valence-corrected chi connectivity index (χ3v) is 4.90. The Morgan fingerprint density at radius 2 is 1.15 bits per heavy atom. The van der Waals surface area contributed by atoms with Crippen molar-refractivity contribution in [2.75, 3.05) is 13.2 Å². The summed E-state index contributed by atoms with van der Waals surface area (Å²) in [6, 6.07) is 0. The van der Waals surface area contributed by atoms with Gasteiger partial charge in [-0.05, 0) is 31.6 Å². The molecule has 0 rings (SSSR count). The zero-order chi connectivity index (χ0) is 20.2. The van der Waals surface area contributed by atoms with Crippen LogP contribution in [0.25, 0.3) is 0 Å². The summed E-state index contributed by atoms with van der Waals surface area (Å²) in [5, 5.41) is 0. The quantitative estimate of drug-likeness (QED) is 0.186. The average molecular weight is 385 g/mol. The number of carbonyl (C=O) groups is 2. The van der Waals surface area contributed by atoms with Gasteiger partial charge < -0.3 is 9.47 Å². The summed E-state index contributed by atoms with van der Waals surface area (Å²) in [5.74, 6) is 0.0872. The molecular formula is C23H44O4. The summed E-state index contributed by atoms with van der Waals surface area (Å²) in [6.07, 6.45) is 15.4. The lowest BCUT2D eigenvalue weighted by Gasteiger charge is -2.15. The molecule has 0 amide bonds. The molecule has 27 heavy (non-hydrogen) atoms. The number of unbranched alkanes of at least 4 members (excludes halogenated alkanes) is 7. The Bertz CT molecular complexity index is 348. The van der Waals surface area contributed by atoms with Gasteiger partial charge in [0.05, 0.1) is 13.2 Å². The lowest BCUT2D eigenvalue weighted by atomic mass is 9.99. The predicted octanol–water partition coefficient (Wildman–Crippen LogP) is 6.60. The van der Waals surface area contributed by atoms with Crippen LogP contribution in [0.3, 0.4) is 0 Å². The summed E-state index contributed by atoms with van der Waals surface area (Å²) in [4.78, 5) is 23.5. The minimum absolute atomic E-state index is 0.192. The molecule has 0 saturated heterocycles. The first-order chi connectivity index (χ1) is 13.1. The van der Waals surface area contributed by atoms with Crippen LogP contribution in [0, 0.1) is 5.92 Å². The van der Waals surface area contributed by atoms with Gasteiger partial charge in [0, 0.05) is 12.8 Å². The van der Waals surface area contributed by atoms with Gasteiger partial charge in [0.2, 0.25) is 0 Å². The molecule has 0 aromatic rings. The first-order valence-electron chi connectivity index (χ1n) is 11.4. The van der Waals surface area contributed by atoms with Crippen molar-refractivity contribution in [2.45, 2.75) is 117 Å². The third kappa shape index (κ3) is 18.1. The van der Waals surface area contributed by atoms with Gasteiger partial charge >= 0.3 is 11.9 Å². The number of esters is 2. The predicted molar refractivity (Wildman–Crippen MR) is 112 cm³/mol. The van der Waals surface area contributed by atoms with Crippen LogP contribution in [0.15, 0.2) is 0 Å². The van der Waals surface area contributed by atoms with Crippen LogP contribution < -0.4 is 0 Å². The molecule has 0 radical (unpaired) electrons.